The standard InChI is InChI=1S/C14H23N2O2/c1-3-15-11-12-16(13-15)10-8-6-5-7-9-14(17)18-4-2/h3,11-13H,1,4-10H2,2H3/q+1. The summed E-state index contributed by atoms with van der Waals surface area (Å²) in [5, 5.41) is 0. The molecule has 0 aliphatic rings. The van der Waals surface area contributed by atoms with Crippen LogP contribution in [0.25, 0.3) is 6.20 Å². The van der Waals surface area contributed by atoms with Crippen molar-refractivity contribution in [3.05, 3.63) is 25.3 Å². The third-order valence-corrected chi connectivity index (χ3v) is 2.78. The van der Waals surface area contributed by atoms with Crippen molar-refractivity contribution < 1.29 is 14.1 Å². The summed E-state index contributed by atoms with van der Waals surface area (Å²) in [7, 11) is 0. The van der Waals surface area contributed by atoms with Crippen LogP contribution in [-0.2, 0) is 16.1 Å². The Kier molecular flexibility index (Phi) is 6.84. The maximum atomic E-state index is 11.1. The van der Waals surface area contributed by atoms with Crippen molar-refractivity contribution in [1.29, 1.82) is 0 Å². The highest BCUT2D eigenvalue weighted by Crippen LogP contribution is 2.04. The van der Waals surface area contributed by atoms with Crippen LogP contribution in [-0.4, -0.2) is 17.1 Å². The van der Waals surface area contributed by atoms with Crippen molar-refractivity contribution in [2.45, 2.75) is 45.6 Å². The van der Waals surface area contributed by atoms with Gasteiger partial charge >= 0.3 is 5.97 Å². The molecule has 1 aromatic heterocycles. The number of carbonyl (C=O) groups is 1. The number of ether oxygens (including phenoxy) is 1. The van der Waals surface area contributed by atoms with Gasteiger partial charge in [0, 0.05) is 6.42 Å². The molecule has 4 heteroatoms. The van der Waals surface area contributed by atoms with E-state index in [2.05, 4.69) is 11.1 Å². The first-order valence-electron chi connectivity index (χ1n) is 6.61. The van der Waals surface area contributed by atoms with E-state index in [0.717, 1.165) is 32.2 Å². The average Bonchev–Trinajstić information content (AvgIpc) is 2.82. The van der Waals surface area contributed by atoms with Gasteiger partial charge in [0.05, 0.1) is 19.4 Å². The van der Waals surface area contributed by atoms with E-state index in [0.29, 0.717) is 13.0 Å². The molecule has 0 radical (unpaired) electrons. The van der Waals surface area contributed by atoms with E-state index in [4.69, 9.17) is 4.74 Å². The van der Waals surface area contributed by atoms with Gasteiger partial charge in [-0.05, 0) is 26.2 Å². The van der Waals surface area contributed by atoms with E-state index in [1.165, 1.54) is 0 Å². The molecular weight excluding hydrogens is 228 g/mol. The fraction of sp³-hybridized carbons (Fsp3) is 0.571. The van der Waals surface area contributed by atoms with Crippen molar-refractivity contribution in [3.8, 4) is 0 Å². The third kappa shape index (κ3) is 5.66. The zero-order valence-electron chi connectivity index (χ0n) is 11.2. The third-order valence-electron chi connectivity index (χ3n) is 2.78. The zero-order chi connectivity index (χ0) is 13.2. The number of hydrogen-bond donors (Lipinski definition) is 0. The van der Waals surface area contributed by atoms with Crippen molar-refractivity contribution in [1.82, 2.24) is 4.57 Å². The summed E-state index contributed by atoms with van der Waals surface area (Å²) in [4.78, 5) is 11.1. The van der Waals surface area contributed by atoms with Crippen LogP contribution < -0.4 is 4.57 Å². The van der Waals surface area contributed by atoms with E-state index in [1.54, 1.807) is 6.20 Å². The predicted molar refractivity (Wildman–Crippen MR) is 70.7 cm³/mol. The molecule has 0 aromatic carbocycles. The predicted octanol–water partition coefficient (Wildman–Crippen LogP) is 2.39. The number of nitrogens with zero attached hydrogens (tertiary/aromatic N) is 2. The lowest BCUT2D eigenvalue weighted by atomic mass is 10.1. The molecule has 0 unspecified atom stereocenters. The topological polar surface area (TPSA) is 35.1 Å². The Labute approximate surface area is 109 Å². The Morgan fingerprint density at radius 1 is 1.39 bits per heavy atom. The Bertz CT molecular complexity index is 372. The first kappa shape index (κ1) is 14.5. The number of rotatable bonds is 9. The fourth-order valence-corrected chi connectivity index (χ4v) is 1.80. The van der Waals surface area contributed by atoms with Gasteiger partial charge in [-0.3, -0.25) is 4.79 Å². The minimum atomic E-state index is -0.0741. The van der Waals surface area contributed by atoms with E-state index in [9.17, 15) is 4.79 Å². The number of esters is 1. The van der Waals surface area contributed by atoms with Gasteiger partial charge in [-0.15, -0.1) is 0 Å². The van der Waals surface area contributed by atoms with Crippen LogP contribution in [0.2, 0.25) is 0 Å². The summed E-state index contributed by atoms with van der Waals surface area (Å²) < 4.78 is 8.95. The lowest BCUT2D eigenvalue weighted by Crippen LogP contribution is -2.30. The molecule has 0 saturated carbocycles. The van der Waals surface area contributed by atoms with Gasteiger partial charge in [-0.2, -0.15) is 0 Å². The Hall–Kier alpha value is -1.58. The highest BCUT2D eigenvalue weighted by Gasteiger charge is 2.02. The molecule has 4 nitrogen and oxygen atoms in total. The van der Waals surface area contributed by atoms with Gasteiger partial charge in [0.2, 0.25) is 6.33 Å². The highest BCUT2D eigenvalue weighted by atomic mass is 16.5. The second-order valence-corrected chi connectivity index (χ2v) is 4.25. The summed E-state index contributed by atoms with van der Waals surface area (Å²) in [5.41, 5.74) is 0. The molecule has 100 valence electrons. The van der Waals surface area contributed by atoms with Crippen LogP contribution >= 0.6 is 0 Å². The Morgan fingerprint density at radius 2 is 2.17 bits per heavy atom. The summed E-state index contributed by atoms with van der Waals surface area (Å²) >= 11 is 0. The summed E-state index contributed by atoms with van der Waals surface area (Å²) in [6.45, 7) is 7.04. The molecule has 1 heterocycles. The van der Waals surface area contributed by atoms with Gasteiger partial charge in [-0.1, -0.05) is 13.0 Å². The van der Waals surface area contributed by atoms with Crippen molar-refractivity contribution in [2.24, 2.45) is 0 Å². The second-order valence-electron chi connectivity index (χ2n) is 4.25. The molecule has 0 aliphatic carbocycles. The monoisotopic (exact) mass is 251 g/mol. The number of aromatic nitrogens is 2. The lowest BCUT2D eigenvalue weighted by Gasteiger charge is -2.01. The van der Waals surface area contributed by atoms with Crippen LogP contribution in [0, 0.1) is 0 Å². The maximum absolute atomic E-state index is 11.1. The first-order chi connectivity index (χ1) is 8.76. The lowest BCUT2D eigenvalue weighted by molar-refractivity contribution is -0.696. The minimum Gasteiger partial charge on any atom is -0.466 e. The molecule has 18 heavy (non-hydrogen) atoms. The van der Waals surface area contributed by atoms with Crippen LogP contribution in [0.3, 0.4) is 0 Å². The van der Waals surface area contributed by atoms with Crippen molar-refractivity contribution in [2.75, 3.05) is 6.61 Å². The number of aryl methyl sites for hydroxylation is 1. The SMILES string of the molecule is C=Cn1cc[n+](CCCCCCC(=O)OCC)c1. The van der Waals surface area contributed by atoms with Crippen molar-refractivity contribution in [3.63, 3.8) is 0 Å². The van der Waals surface area contributed by atoms with E-state index in [1.807, 2.05) is 30.2 Å². The van der Waals surface area contributed by atoms with E-state index < -0.39 is 0 Å². The minimum absolute atomic E-state index is 0.0741. The van der Waals surface area contributed by atoms with Gasteiger partial charge < -0.3 is 4.74 Å². The van der Waals surface area contributed by atoms with Crippen LogP contribution in [0.15, 0.2) is 25.3 Å². The number of carbonyl (C=O) groups excluding carboxylic acids is 1. The van der Waals surface area contributed by atoms with Crippen LogP contribution in [0.5, 0.6) is 0 Å². The molecule has 0 saturated heterocycles. The quantitative estimate of drug-likeness (QED) is 0.384. The van der Waals surface area contributed by atoms with Crippen LogP contribution in [0.4, 0.5) is 0 Å². The molecule has 0 N–H and O–H groups in total. The van der Waals surface area contributed by atoms with Gasteiger partial charge in [0.1, 0.15) is 12.4 Å². The van der Waals surface area contributed by atoms with Gasteiger partial charge in [0.15, 0.2) is 0 Å². The van der Waals surface area contributed by atoms with Crippen molar-refractivity contribution >= 4 is 12.2 Å². The largest absolute Gasteiger partial charge is 0.466 e. The van der Waals surface area contributed by atoms with Crippen LogP contribution in [0.1, 0.15) is 39.0 Å². The molecule has 0 spiro atoms. The Morgan fingerprint density at radius 3 is 2.83 bits per heavy atom. The molecular formula is C14H23N2O2+. The molecule has 0 atom stereocenters. The summed E-state index contributed by atoms with van der Waals surface area (Å²) in [5.74, 6) is -0.0741. The maximum Gasteiger partial charge on any atom is 0.305 e. The fourth-order valence-electron chi connectivity index (χ4n) is 1.80. The summed E-state index contributed by atoms with van der Waals surface area (Å²) in [6.07, 6.45) is 12.7. The zero-order valence-corrected chi connectivity index (χ0v) is 11.2. The molecule has 1 rings (SSSR count). The normalized spacial score (nSPS) is 10.3. The van der Waals surface area contributed by atoms with Gasteiger partial charge in [0.25, 0.3) is 0 Å². The number of hydrogen-bond acceptors (Lipinski definition) is 2. The average molecular weight is 251 g/mol. The van der Waals surface area contributed by atoms with E-state index in [-0.39, 0.29) is 5.97 Å². The van der Waals surface area contributed by atoms with Gasteiger partial charge in [-0.25, -0.2) is 9.13 Å². The highest BCUT2D eigenvalue weighted by molar-refractivity contribution is 5.69. The molecule has 0 aliphatic heterocycles. The molecule has 0 amide bonds. The number of imidazole rings is 1. The number of unbranched alkanes of at least 4 members (excludes halogenated alkanes) is 3. The smallest absolute Gasteiger partial charge is 0.305 e. The summed E-state index contributed by atoms with van der Waals surface area (Å²) in [6, 6.07) is 0. The van der Waals surface area contributed by atoms with E-state index >= 15 is 0 Å². The molecule has 1 aromatic rings. The Balaban J connectivity index is 2.01. The first-order valence-corrected chi connectivity index (χ1v) is 6.61. The molecule has 0 bridgehead atoms. The molecule has 0 fully saturated rings. The second kappa shape index (κ2) is 8.50.